The van der Waals surface area contributed by atoms with Crippen molar-refractivity contribution in [3.63, 3.8) is 0 Å². The fourth-order valence-electron chi connectivity index (χ4n) is 5.33. The second-order valence-electron chi connectivity index (χ2n) is 11.2. The largest absolute Gasteiger partial charge is 0.496 e. The summed E-state index contributed by atoms with van der Waals surface area (Å²) in [5.41, 5.74) is 4.50. The van der Waals surface area contributed by atoms with Gasteiger partial charge in [0.2, 0.25) is 5.91 Å². The Morgan fingerprint density at radius 3 is 2.47 bits per heavy atom. The predicted octanol–water partition coefficient (Wildman–Crippen LogP) is 5.75. The molecule has 0 bridgehead atoms. The molecule has 2 aromatic carbocycles. The molecule has 2 aliphatic heterocycles. The van der Waals surface area contributed by atoms with Gasteiger partial charge in [0.05, 0.1) is 12.8 Å². The number of rotatable bonds is 10. The van der Waals surface area contributed by atoms with Gasteiger partial charge in [-0.25, -0.2) is 4.79 Å². The van der Waals surface area contributed by atoms with Crippen molar-refractivity contribution in [3.05, 3.63) is 58.7 Å². The predicted molar refractivity (Wildman–Crippen MR) is 148 cm³/mol. The number of ether oxygens (including phenoxy) is 2. The normalized spacial score (nSPS) is 14.6. The van der Waals surface area contributed by atoms with Crippen LogP contribution < -0.4 is 9.64 Å². The summed E-state index contributed by atoms with van der Waals surface area (Å²) in [6, 6.07) is 11.8. The quantitative estimate of drug-likeness (QED) is 0.294. The van der Waals surface area contributed by atoms with Gasteiger partial charge in [-0.1, -0.05) is 18.2 Å². The van der Waals surface area contributed by atoms with Gasteiger partial charge in [0, 0.05) is 38.0 Å². The van der Waals surface area contributed by atoms with Crippen LogP contribution in [-0.4, -0.2) is 55.0 Å². The van der Waals surface area contributed by atoms with Gasteiger partial charge in [-0.05, 0) is 94.2 Å². The summed E-state index contributed by atoms with van der Waals surface area (Å²) in [4.78, 5) is 42.0. The Hall–Kier alpha value is -3.35. The van der Waals surface area contributed by atoms with Crippen LogP contribution in [0.5, 0.6) is 5.75 Å². The monoisotopic (exact) mass is 520 g/mol. The van der Waals surface area contributed by atoms with Gasteiger partial charge in [-0.3, -0.25) is 9.59 Å². The number of Topliss-reactive ketones (excluding diaryl/α,β-unsaturated/α-hetero) is 1. The van der Waals surface area contributed by atoms with Gasteiger partial charge in [0.15, 0.2) is 5.78 Å². The smallest absolute Gasteiger partial charge is 0.410 e. The first kappa shape index (κ1) is 27.7. The SMILES string of the molecule is COc1ccccc1CCN(CCCCC(=O)c1cc2c3c(c1)CCC(=O)N3CCC2)C(=O)OC(C)(C)C. The van der Waals surface area contributed by atoms with Crippen molar-refractivity contribution in [2.45, 2.75) is 77.7 Å². The molecule has 0 spiro atoms. The Morgan fingerprint density at radius 2 is 1.74 bits per heavy atom. The van der Waals surface area contributed by atoms with Crippen LogP contribution in [0.15, 0.2) is 36.4 Å². The summed E-state index contributed by atoms with van der Waals surface area (Å²) in [6.07, 6.45) is 5.19. The van der Waals surface area contributed by atoms with Gasteiger partial charge in [0.25, 0.3) is 0 Å². The number of aryl methyl sites for hydroxylation is 2. The average molecular weight is 521 g/mol. The Bertz CT molecular complexity index is 1170. The van der Waals surface area contributed by atoms with Crippen LogP contribution in [0.25, 0.3) is 0 Å². The van der Waals surface area contributed by atoms with E-state index in [1.807, 2.05) is 62.1 Å². The number of methoxy groups -OCH3 is 1. The first-order valence-corrected chi connectivity index (χ1v) is 13.8. The molecule has 2 heterocycles. The van der Waals surface area contributed by atoms with Crippen LogP contribution >= 0.6 is 0 Å². The minimum atomic E-state index is -0.581. The van der Waals surface area contributed by atoms with E-state index in [2.05, 4.69) is 0 Å². The molecule has 0 saturated carbocycles. The second kappa shape index (κ2) is 12.0. The molecule has 0 N–H and O–H groups in total. The van der Waals surface area contributed by atoms with Crippen LogP contribution in [0.4, 0.5) is 10.5 Å². The van der Waals surface area contributed by atoms with Crippen LogP contribution in [0.1, 0.15) is 79.9 Å². The number of ketones is 1. The van der Waals surface area contributed by atoms with Gasteiger partial charge >= 0.3 is 6.09 Å². The fraction of sp³-hybridized carbons (Fsp3) is 0.516. The average Bonchev–Trinajstić information content (AvgIpc) is 2.89. The van der Waals surface area contributed by atoms with Gasteiger partial charge in [0.1, 0.15) is 11.4 Å². The number of carbonyl (C=O) groups is 3. The number of unbranched alkanes of at least 4 members (excludes halogenated alkanes) is 1. The highest BCUT2D eigenvalue weighted by atomic mass is 16.6. The second-order valence-corrected chi connectivity index (χ2v) is 11.2. The number of para-hydroxylation sites is 1. The molecule has 204 valence electrons. The molecule has 7 heteroatoms. The molecule has 2 amide bonds. The molecule has 0 atom stereocenters. The zero-order valence-corrected chi connectivity index (χ0v) is 23.2. The van der Waals surface area contributed by atoms with Crippen molar-refractivity contribution < 1.29 is 23.9 Å². The van der Waals surface area contributed by atoms with E-state index in [1.165, 1.54) is 0 Å². The van der Waals surface area contributed by atoms with Crippen LogP contribution in [-0.2, 0) is 28.8 Å². The van der Waals surface area contributed by atoms with E-state index in [0.717, 1.165) is 53.1 Å². The maximum Gasteiger partial charge on any atom is 0.410 e. The summed E-state index contributed by atoms with van der Waals surface area (Å²) in [5.74, 6) is 1.12. The number of benzene rings is 2. The molecule has 2 aliphatic rings. The fourth-order valence-corrected chi connectivity index (χ4v) is 5.33. The number of hydrogen-bond donors (Lipinski definition) is 0. The van der Waals surface area contributed by atoms with E-state index >= 15 is 0 Å². The number of nitrogens with zero attached hydrogens (tertiary/aromatic N) is 2. The third-order valence-electron chi connectivity index (χ3n) is 7.17. The summed E-state index contributed by atoms with van der Waals surface area (Å²) in [7, 11) is 1.65. The zero-order valence-electron chi connectivity index (χ0n) is 23.2. The van der Waals surface area contributed by atoms with E-state index in [1.54, 1.807) is 12.0 Å². The van der Waals surface area contributed by atoms with E-state index in [-0.39, 0.29) is 17.8 Å². The van der Waals surface area contributed by atoms with E-state index in [4.69, 9.17) is 9.47 Å². The Kier molecular flexibility index (Phi) is 8.75. The lowest BCUT2D eigenvalue weighted by molar-refractivity contribution is -0.119. The number of anilines is 1. The van der Waals surface area contributed by atoms with E-state index < -0.39 is 5.60 Å². The minimum Gasteiger partial charge on any atom is -0.496 e. The standard InChI is InChI=1S/C31H40N2O5/c1-31(2,3)38-30(36)32(19-16-22-10-5-6-13-27(22)37-4)17-8-7-12-26(34)25-20-23-11-9-18-33-28(35)15-14-24(21-25)29(23)33/h5-6,10,13,20-21H,7-9,11-12,14-19H2,1-4H3. The Morgan fingerprint density at radius 1 is 1.00 bits per heavy atom. The lowest BCUT2D eigenvalue weighted by Crippen LogP contribution is -2.39. The molecule has 0 aromatic heterocycles. The van der Waals surface area contributed by atoms with Crippen molar-refractivity contribution in [1.29, 1.82) is 0 Å². The first-order valence-electron chi connectivity index (χ1n) is 13.8. The Balaban J connectivity index is 1.35. The van der Waals surface area contributed by atoms with Crippen LogP contribution in [0, 0.1) is 0 Å². The molecule has 38 heavy (non-hydrogen) atoms. The zero-order chi connectivity index (χ0) is 27.3. The molecule has 2 aromatic rings. The van der Waals surface area contributed by atoms with Crippen molar-refractivity contribution in [1.82, 2.24) is 4.90 Å². The lowest BCUT2D eigenvalue weighted by atomic mass is 9.88. The number of amides is 2. The number of carbonyl (C=O) groups excluding carboxylic acids is 3. The molecule has 0 radical (unpaired) electrons. The maximum atomic E-state index is 13.1. The highest BCUT2D eigenvalue weighted by molar-refractivity contribution is 6.01. The maximum absolute atomic E-state index is 13.1. The molecule has 0 unspecified atom stereocenters. The van der Waals surface area contributed by atoms with Crippen molar-refractivity contribution >= 4 is 23.5 Å². The van der Waals surface area contributed by atoms with Gasteiger partial charge in [-0.2, -0.15) is 0 Å². The topological polar surface area (TPSA) is 76.2 Å². The molecule has 7 nitrogen and oxygen atoms in total. The number of hydrogen-bond acceptors (Lipinski definition) is 5. The first-order chi connectivity index (χ1) is 18.2. The van der Waals surface area contributed by atoms with Crippen molar-refractivity contribution in [3.8, 4) is 5.75 Å². The molecular weight excluding hydrogens is 480 g/mol. The van der Waals surface area contributed by atoms with Gasteiger partial charge < -0.3 is 19.3 Å². The minimum absolute atomic E-state index is 0.121. The Labute approximate surface area is 226 Å². The van der Waals surface area contributed by atoms with E-state index in [0.29, 0.717) is 51.6 Å². The molecule has 0 aliphatic carbocycles. The third kappa shape index (κ3) is 6.74. The summed E-state index contributed by atoms with van der Waals surface area (Å²) in [5, 5.41) is 0. The third-order valence-corrected chi connectivity index (χ3v) is 7.17. The van der Waals surface area contributed by atoms with E-state index in [9.17, 15) is 14.4 Å². The van der Waals surface area contributed by atoms with Crippen molar-refractivity contribution in [2.75, 3.05) is 31.6 Å². The molecular formula is C31H40N2O5. The highest BCUT2D eigenvalue weighted by Gasteiger charge is 2.30. The molecule has 4 rings (SSSR count). The van der Waals surface area contributed by atoms with Crippen LogP contribution in [0.3, 0.4) is 0 Å². The summed E-state index contributed by atoms with van der Waals surface area (Å²) >= 11 is 0. The molecule has 0 saturated heterocycles. The van der Waals surface area contributed by atoms with Crippen LogP contribution in [0.2, 0.25) is 0 Å². The van der Waals surface area contributed by atoms with Crippen molar-refractivity contribution in [2.24, 2.45) is 0 Å². The summed E-state index contributed by atoms with van der Waals surface area (Å²) in [6.45, 7) is 7.39. The lowest BCUT2D eigenvalue weighted by Gasteiger charge is -2.35. The van der Waals surface area contributed by atoms with Gasteiger partial charge in [-0.15, -0.1) is 0 Å². The molecule has 0 fully saturated rings. The highest BCUT2D eigenvalue weighted by Crippen LogP contribution is 2.37. The summed E-state index contributed by atoms with van der Waals surface area (Å²) < 4.78 is 11.1.